The smallest absolute Gasteiger partial charge is 0.410 e. The van der Waals surface area contributed by atoms with E-state index in [1.807, 2.05) is 20.8 Å². The van der Waals surface area contributed by atoms with Gasteiger partial charge in [0, 0.05) is 38.4 Å². The zero-order valence-electron chi connectivity index (χ0n) is 14.1. The highest BCUT2D eigenvalue weighted by Gasteiger charge is 2.24. The summed E-state index contributed by atoms with van der Waals surface area (Å²) >= 11 is 0. The van der Waals surface area contributed by atoms with Crippen LogP contribution in [0.5, 0.6) is 0 Å². The van der Waals surface area contributed by atoms with Crippen molar-refractivity contribution >= 4 is 11.8 Å². The summed E-state index contributed by atoms with van der Waals surface area (Å²) < 4.78 is 18.8. The number of anilines is 1. The molecule has 23 heavy (non-hydrogen) atoms. The van der Waals surface area contributed by atoms with E-state index >= 15 is 0 Å². The van der Waals surface area contributed by atoms with E-state index in [1.165, 1.54) is 12.1 Å². The first kappa shape index (κ1) is 17.5. The molecule has 1 saturated heterocycles. The molecular formula is C17H26FN3O2. The van der Waals surface area contributed by atoms with E-state index in [2.05, 4.69) is 4.90 Å². The number of rotatable bonds is 2. The molecule has 128 valence electrons. The first-order valence-electron chi connectivity index (χ1n) is 7.99. The van der Waals surface area contributed by atoms with Crippen LogP contribution < -0.4 is 5.73 Å². The van der Waals surface area contributed by atoms with Crippen molar-refractivity contribution in [2.45, 2.75) is 39.3 Å². The number of hydrogen-bond acceptors (Lipinski definition) is 4. The summed E-state index contributed by atoms with van der Waals surface area (Å²) in [6.07, 6.45) is 0.582. The van der Waals surface area contributed by atoms with Crippen LogP contribution in [0.25, 0.3) is 0 Å². The Kier molecular flexibility index (Phi) is 5.46. The van der Waals surface area contributed by atoms with Crippen LogP contribution in [0.4, 0.5) is 14.9 Å². The Bertz CT molecular complexity index is 557. The number of carbonyl (C=O) groups excluding carboxylic acids is 1. The predicted molar refractivity (Wildman–Crippen MR) is 88.5 cm³/mol. The fourth-order valence-corrected chi connectivity index (χ4v) is 2.59. The van der Waals surface area contributed by atoms with Gasteiger partial charge in [0.1, 0.15) is 11.4 Å². The fourth-order valence-electron chi connectivity index (χ4n) is 2.59. The summed E-state index contributed by atoms with van der Waals surface area (Å²) in [6.45, 7) is 9.01. The maximum atomic E-state index is 13.4. The van der Waals surface area contributed by atoms with Crippen LogP contribution in [-0.4, -0.2) is 47.7 Å². The summed E-state index contributed by atoms with van der Waals surface area (Å²) in [5, 5.41) is 0. The molecule has 1 aliphatic heterocycles. The predicted octanol–water partition coefficient (Wildman–Crippen LogP) is 2.85. The van der Waals surface area contributed by atoms with Crippen LogP contribution in [0.2, 0.25) is 0 Å². The van der Waals surface area contributed by atoms with E-state index in [0.717, 1.165) is 25.1 Å². The van der Waals surface area contributed by atoms with Gasteiger partial charge < -0.3 is 15.4 Å². The molecule has 0 aromatic heterocycles. The third-order valence-corrected chi connectivity index (χ3v) is 3.74. The summed E-state index contributed by atoms with van der Waals surface area (Å²) in [6, 6.07) is 4.44. The average Bonchev–Trinajstić information content (AvgIpc) is 2.67. The minimum atomic E-state index is -0.487. The lowest BCUT2D eigenvalue weighted by molar-refractivity contribution is 0.0257. The van der Waals surface area contributed by atoms with E-state index < -0.39 is 5.60 Å². The summed E-state index contributed by atoms with van der Waals surface area (Å²) in [5.74, 6) is -0.278. The number of ether oxygens (including phenoxy) is 1. The van der Waals surface area contributed by atoms with Gasteiger partial charge in [0.15, 0.2) is 0 Å². The molecule has 1 heterocycles. The molecule has 1 aliphatic rings. The molecule has 0 bridgehead atoms. The minimum Gasteiger partial charge on any atom is -0.444 e. The van der Waals surface area contributed by atoms with Gasteiger partial charge in [0.05, 0.1) is 0 Å². The maximum Gasteiger partial charge on any atom is 0.410 e. The molecule has 5 nitrogen and oxygen atoms in total. The monoisotopic (exact) mass is 323 g/mol. The average molecular weight is 323 g/mol. The topological polar surface area (TPSA) is 58.8 Å². The van der Waals surface area contributed by atoms with Gasteiger partial charge in [-0.15, -0.1) is 0 Å². The Balaban J connectivity index is 1.93. The normalized spacial score (nSPS) is 17.0. The molecule has 0 radical (unpaired) electrons. The number of nitrogen functional groups attached to an aromatic ring is 1. The quantitative estimate of drug-likeness (QED) is 0.850. The molecule has 0 spiro atoms. The first-order valence-corrected chi connectivity index (χ1v) is 7.99. The molecule has 1 fully saturated rings. The van der Waals surface area contributed by atoms with Crippen molar-refractivity contribution in [3.63, 3.8) is 0 Å². The van der Waals surface area contributed by atoms with Gasteiger partial charge in [-0.1, -0.05) is 0 Å². The van der Waals surface area contributed by atoms with Crippen molar-refractivity contribution in [1.29, 1.82) is 0 Å². The van der Waals surface area contributed by atoms with Gasteiger partial charge in [-0.3, -0.25) is 4.90 Å². The molecule has 0 atom stereocenters. The molecule has 6 heteroatoms. The number of amides is 1. The van der Waals surface area contributed by atoms with E-state index in [1.54, 1.807) is 11.0 Å². The molecule has 1 aromatic rings. The van der Waals surface area contributed by atoms with Crippen molar-refractivity contribution in [3.05, 3.63) is 29.6 Å². The lowest BCUT2D eigenvalue weighted by Gasteiger charge is -2.26. The molecular weight excluding hydrogens is 297 g/mol. The van der Waals surface area contributed by atoms with E-state index in [0.29, 0.717) is 25.3 Å². The lowest BCUT2D eigenvalue weighted by Crippen LogP contribution is -2.39. The van der Waals surface area contributed by atoms with Gasteiger partial charge in [0.2, 0.25) is 0 Å². The van der Waals surface area contributed by atoms with Crippen molar-refractivity contribution in [2.75, 3.05) is 31.9 Å². The SMILES string of the molecule is CC(C)(C)OC(=O)N1CCCN(Cc2cc(F)ccc2N)CC1. The Morgan fingerprint density at radius 2 is 2.00 bits per heavy atom. The van der Waals surface area contributed by atoms with Crippen LogP contribution in [0.1, 0.15) is 32.8 Å². The highest BCUT2D eigenvalue weighted by atomic mass is 19.1. The van der Waals surface area contributed by atoms with Crippen LogP contribution >= 0.6 is 0 Å². The number of hydrogen-bond donors (Lipinski definition) is 1. The second kappa shape index (κ2) is 7.17. The largest absolute Gasteiger partial charge is 0.444 e. The minimum absolute atomic E-state index is 0.274. The third-order valence-electron chi connectivity index (χ3n) is 3.74. The number of carbonyl (C=O) groups is 1. The second-order valence-corrected chi connectivity index (χ2v) is 6.94. The summed E-state index contributed by atoms with van der Waals surface area (Å²) in [5.41, 5.74) is 6.81. The van der Waals surface area contributed by atoms with Crippen LogP contribution in [0, 0.1) is 5.82 Å². The standard InChI is InChI=1S/C17H26FN3O2/c1-17(2,3)23-16(22)21-8-4-7-20(9-10-21)12-13-11-14(18)5-6-15(13)19/h5-6,11H,4,7-10,12,19H2,1-3H3. The fraction of sp³-hybridized carbons (Fsp3) is 0.588. The van der Waals surface area contributed by atoms with Crippen LogP contribution in [0.15, 0.2) is 18.2 Å². The molecule has 2 rings (SSSR count). The Hall–Kier alpha value is -1.82. The molecule has 1 amide bonds. The van der Waals surface area contributed by atoms with Crippen molar-refractivity contribution < 1.29 is 13.9 Å². The molecule has 0 saturated carbocycles. The summed E-state index contributed by atoms with van der Waals surface area (Å²) in [7, 11) is 0. The molecule has 2 N–H and O–H groups in total. The second-order valence-electron chi connectivity index (χ2n) is 6.94. The van der Waals surface area contributed by atoms with Gasteiger partial charge in [0.25, 0.3) is 0 Å². The van der Waals surface area contributed by atoms with E-state index in [9.17, 15) is 9.18 Å². The molecule has 0 aliphatic carbocycles. The van der Waals surface area contributed by atoms with E-state index in [4.69, 9.17) is 10.5 Å². The molecule has 1 aromatic carbocycles. The van der Waals surface area contributed by atoms with Gasteiger partial charge in [-0.05, 0) is 51.0 Å². The van der Waals surface area contributed by atoms with Crippen molar-refractivity contribution in [1.82, 2.24) is 9.80 Å². The van der Waals surface area contributed by atoms with Crippen molar-refractivity contribution in [3.8, 4) is 0 Å². The van der Waals surface area contributed by atoms with Gasteiger partial charge in [-0.2, -0.15) is 0 Å². The lowest BCUT2D eigenvalue weighted by atomic mass is 10.1. The zero-order chi connectivity index (χ0) is 17.0. The summed E-state index contributed by atoms with van der Waals surface area (Å²) in [4.78, 5) is 16.1. The Morgan fingerprint density at radius 1 is 1.26 bits per heavy atom. The Morgan fingerprint density at radius 3 is 2.70 bits per heavy atom. The first-order chi connectivity index (χ1) is 10.7. The highest BCUT2D eigenvalue weighted by Crippen LogP contribution is 2.18. The zero-order valence-corrected chi connectivity index (χ0v) is 14.1. The van der Waals surface area contributed by atoms with Crippen LogP contribution in [-0.2, 0) is 11.3 Å². The third kappa shape index (κ3) is 5.39. The van der Waals surface area contributed by atoms with Crippen LogP contribution in [0.3, 0.4) is 0 Å². The van der Waals surface area contributed by atoms with Gasteiger partial charge >= 0.3 is 6.09 Å². The van der Waals surface area contributed by atoms with Crippen molar-refractivity contribution in [2.24, 2.45) is 0 Å². The highest BCUT2D eigenvalue weighted by molar-refractivity contribution is 5.68. The number of halogens is 1. The number of nitrogens with two attached hydrogens (primary N) is 1. The molecule has 0 unspecified atom stereocenters. The maximum absolute atomic E-state index is 13.4. The Labute approximate surface area is 137 Å². The number of nitrogens with zero attached hydrogens (tertiary/aromatic N) is 2. The van der Waals surface area contributed by atoms with E-state index in [-0.39, 0.29) is 11.9 Å². The number of benzene rings is 1. The van der Waals surface area contributed by atoms with Gasteiger partial charge in [-0.25, -0.2) is 9.18 Å².